The maximum absolute atomic E-state index is 12.7. The van der Waals surface area contributed by atoms with Crippen LogP contribution in [0.3, 0.4) is 0 Å². The Morgan fingerprint density at radius 1 is 1.11 bits per heavy atom. The third-order valence-corrected chi connectivity index (χ3v) is 4.46. The Balaban J connectivity index is 1.99. The molecule has 5 nitrogen and oxygen atoms in total. The smallest absolute Gasteiger partial charge is 0.321 e. The van der Waals surface area contributed by atoms with Crippen molar-refractivity contribution >= 4 is 17.4 Å². The van der Waals surface area contributed by atoms with Crippen molar-refractivity contribution in [1.29, 1.82) is 0 Å². The van der Waals surface area contributed by atoms with Gasteiger partial charge in [-0.15, -0.1) is 0 Å². The lowest BCUT2D eigenvalue weighted by atomic mass is 10.0. The molecule has 0 radical (unpaired) electrons. The molecule has 28 heavy (non-hydrogen) atoms. The molecule has 146 valence electrons. The maximum Gasteiger partial charge on any atom is 0.431 e. The minimum absolute atomic E-state index is 0.197. The lowest BCUT2D eigenvalue weighted by Gasteiger charge is -2.11. The summed E-state index contributed by atoms with van der Waals surface area (Å²) in [6.45, 7) is 3.72. The minimum Gasteiger partial charge on any atom is -0.321 e. The van der Waals surface area contributed by atoms with Crippen LogP contribution < -0.4 is 10.9 Å². The molecule has 0 saturated carbocycles. The number of amides is 1. The van der Waals surface area contributed by atoms with Gasteiger partial charge in [-0.05, 0) is 31.5 Å². The van der Waals surface area contributed by atoms with Crippen molar-refractivity contribution < 1.29 is 22.8 Å². The van der Waals surface area contributed by atoms with Crippen LogP contribution in [0.5, 0.6) is 0 Å². The highest BCUT2D eigenvalue weighted by atomic mass is 19.4. The Bertz CT molecular complexity index is 1070. The van der Waals surface area contributed by atoms with Crippen LogP contribution in [-0.2, 0) is 6.18 Å². The number of pyridine rings is 1. The summed E-state index contributed by atoms with van der Waals surface area (Å²) in [5.74, 6) is -1.07. The van der Waals surface area contributed by atoms with Crippen LogP contribution in [0.4, 0.5) is 13.2 Å². The molecular formula is C20H17F3N2O3. The number of carbonyl (C=O) groups excluding carboxylic acids is 2. The third kappa shape index (κ3) is 3.49. The zero-order valence-electron chi connectivity index (χ0n) is 15.2. The van der Waals surface area contributed by atoms with Gasteiger partial charge in [-0.2, -0.15) is 13.2 Å². The van der Waals surface area contributed by atoms with Crippen LogP contribution in [0, 0.1) is 6.92 Å². The Morgan fingerprint density at radius 2 is 1.82 bits per heavy atom. The molecule has 0 bridgehead atoms. The lowest BCUT2D eigenvalue weighted by Crippen LogP contribution is -2.30. The van der Waals surface area contributed by atoms with Crippen LogP contribution in [0.15, 0.2) is 40.7 Å². The van der Waals surface area contributed by atoms with Gasteiger partial charge in [0.25, 0.3) is 11.5 Å². The molecule has 0 atom stereocenters. The van der Waals surface area contributed by atoms with E-state index in [1.807, 2.05) is 13.8 Å². The number of nitrogens with one attached hydrogen (secondary N) is 2. The quantitative estimate of drug-likeness (QED) is 0.833. The highest BCUT2D eigenvalue weighted by Crippen LogP contribution is 2.34. The minimum atomic E-state index is -4.72. The van der Waals surface area contributed by atoms with Crippen molar-refractivity contribution in [2.24, 2.45) is 0 Å². The number of hydrogen-bond donors (Lipinski definition) is 2. The zero-order valence-corrected chi connectivity index (χ0v) is 15.2. The number of allylic oxidation sites excluding steroid dienone is 1. The largest absolute Gasteiger partial charge is 0.431 e. The van der Waals surface area contributed by atoms with Gasteiger partial charge in [0.1, 0.15) is 11.3 Å². The predicted molar refractivity (Wildman–Crippen MR) is 96.9 cm³/mol. The van der Waals surface area contributed by atoms with Gasteiger partial charge in [0, 0.05) is 16.7 Å². The van der Waals surface area contributed by atoms with Crippen molar-refractivity contribution in [3.05, 3.63) is 74.2 Å². The van der Waals surface area contributed by atoms with E-state index in [2.05, 4.69) is 5.32 Å². The number of aromatic nitrogens is 1. The molecule has 1 aromatic heterocycles. The van der Waals surface area contributed by atoms with Gasteiger partial charge in [-0.25, -0.2) is 0 Å². The molecule has 0 unspecified atom stereocenters. The second-order valence-electron chi connectivity index (χ2n) is 6.55. The average Bonchev–Trinajstić information content (AvgIpc) is 2.86. The van der Waals surface area contributed by atoms with Gasteiger partial charge >= 0.3 is 6.18 Å². The Morgan fingerprint density at radius 3 is 2.43 bits per heavy atom. The van der Waals surface area contributed by atoms with Gasteiger partial charge in [0.05, 0.1) is 5.70 Å². The van der Waals surface area contributed by atoms with E-state index in [9.17, 15) is 27.6 Å². The normalized spacial score (nSPS) is 13.7. The number of alkyl halides is 3. The van der Waals surface area contributed by atoms with E-state index in [-0.39, 0.29) is 5.78 Å². The summed E-state index contributed by atoms with van der Waals surface area (Å²) in [5.41, 5.74) is -0.268. The van der Waals surface area contributed by atoms with Crippen LogP contribution in [0.2, 0.25) is 0 Å². The van der Waals surface area contributed by atoms with Gasteiger partial charge in [0.2, 0.25) is 0 Å². The van der Waals surface area contributed by atoms with Crippen LogP contribution in [0.25, 0.3) is 5.70 Å². The summed E-state index contributed by atoms with van der Waals surface area (Å²) >= 11 is 0. The molecule has 0 spiro atoms. The molecule has 1 aliphatic carbocycles. The summed E-state index contributed by atoms with van der Waals surface area (Å²) in [7, 11) is 0. The number of aromatic amines is 1. The Hall–Kier alpha value is -3.16. The summed E-state index contributed by atoms with van der Waals surface area (Å²) in [5, 5.41) is 2.55. The molecular weight excluding hydrogens is 373 g/mol. The van der Waals surface area contributed by atoms with E-state index in [0.717, 1.165) is 11.6 Å². The van der Waals surface area contributed by atoms with Gasteiger partial charge < -0.3 is 10.3 Å². The van der Waals surface area contributed by atoms with Crippen LogP contribution in [-0.4, -0.2) is 16.7 Å². The lowest BCUT2D eigenvalue weighted by molar-refractivity contribution is -0.141. The fourth-order valence-corrected chi connectivity index (χ4v) is 3.13. The fraction of sp³-hybridized carbons (Fsp3) is 0.250. The van der Waals surface area contributed by atoms with E-state index in [4.69, 9.17) is 0 Å². The van der Waals surface area contributed by atoms with Crippen molar-refractivity contribution in [3.63, 3.8) is 0 Å². The molecule has 1 aliphatic rings. The second-order valence-corrected chi connectivity index (χ2v) is 6.55. The molecule has 1 aromatic carbocycles. The van der Waals surface area contributed by atoms with Crippen LogP contribution >= 0.6 is 0 Å². The first-order valence-corrected chi connectivity index (χ1v) is 8.64. The predicted octanol–water partition coefficient (Wildman–Crippen LogP) is 3.84. The van der Waals surface area contributed by atoms with E-state index in [1.54, 1.807) is 23.2 Å². The maximum atomic E-state index is 12.7. The summed E-state index contributed by atoms with van der Waals surface area (Å²) in [6.07, 6.45) is -3.64. The van der Waals surface area contributed by atoms with Gasteiger partial charge in [-0.1, -0.05) is 31.0 Å². The molecule has 1 amide bonds. The topological polar surface area (TPSA) is 79.0 Å². The summed E-state index contributed by atoms with van der Waals surface area (Å²) in [6, 6.07) is 6.67. The average molecular weight is 390 g/mol. The van der Waals surface area contributed by atoms with Crippen molar-refractivity contribution in [2.75, 3.05) is 0 Å². The molecule has 0 fully saturated rings. The number of benzene rings is 1. The number of carbonyl (C=O) groups is 2. The molecule has 0 aliphatic heterocycles. The highest BCUT2D eigenvalue weighted by Gasteiger charge is 2.33. The van der Waals surface area contributed by atoms with Gasteiger partial charge in [0.15, 0.2) is 5.78 Å². The first-order valence-electron chi connectivity index (χ1n) is 8.64. The van der Waals surface area contributed by atoms with E-state index in [0.29, 0.717) is 41.3 Å². The van der Waals surface area contributed by atoms with Crippen molar-refractivity contribution in [1.82, 2.24) is 10.3 Å². The summed E-state index contributed by atoms with van der Waals surface area (Å²) < 4.78 is 38.1. The van der Waals surface area contributed by atoms with E-state index < -0.39 is 28.9 Å². The number of fused-ring (bicyclic) bond motifs is 1. The number of halogens is 3. The van der Waals surface area contributed by atoms with E-state index >= 15 is 0 Å². The highest BCUT2D eigenvalue weighted by molar-refractivity contribution is 6.22. The Kier molecular flexibility index (Phi) is 4.97. The SMILES string of the molecule is CCCC1=C(NC(=O)c2ccc(C(F)(F)F)[nH]c2=O)c2ccc(C)cc2C1=O. The first kappa shape index (κ1) is 19.6. The first-order chi connectivity index (χ1) is 13.1. The third-order valence-electron chi connectivity index (χ3n) is 4.46. The second kappa shape index (κ2) is 7.10. The van der Waals surface area contributed by atoms with Crippen LogP contribution in [0.1, 0.15) is 57.3 Å². The zero-order chi connectivity index (χ0) is 20.6. The van der Waals surface area contributed by atoms with Crippen molar-refractivity contribution in [3.8, 4) is 0 Å². The van der Waals surface area contributed by atoms with Crippen molar-refractivity contribution in [2.45, 2.75) is 32.9 Å². The fourth-order valence-electron chi connectivity index (χ4n) is 3.13. The Labute approximate surface area is 158 Å². The number of ketones is 1. The standard InChI is InChI=1S/C20H17F3N2O3/c1-3-4-12-16(11-6-5-10(2)9-14(11)17(12)26)25-19(28)13-7-8-15(20(21,22)23)24-18(13)27/h5-9H,3-4H2,1-2H3,(H,24,27)(H,25,28). The molecule has 3 rings (SSSR count). The molecule has 2 aromatic rings. The number of rotatable bonds is 4. The monoisotopic (exact) mass is 390 g/mol. The number of hydrogen-bond acceptors (Lipinski definition) is 3. The van der Waals surface area contributed by atoms with E-state index in [1.165, 1.54) is 0 Å². The number of Topliss-reactive ketones (excluding diaryl/α,β-unsaturated/α-hetero) is 1. The molecule has 2 N–H and O–H groups in total. The number of H-pyrrole nitrogens is 1. The summed E-state index contributed by atoms with van der Waals surface area (Å²) in [4.78, 5) is 38.9. The van der Waals surface area contributed by atoms with Gasteiger partial charge in [-0.3, -0.25) is 14.4 Å². The number of aryl methyl sites for hydroxylation is 1. The molecule has 8 heteroatoms. The molecule has 0 saturated heterocycles. The molecule has 1 heterocycles.